The van der Waals surface area contributed by atoms with Gasteiger partial charge in [-0.3, -0.25) is 14.3 Å². The second-order valence-corrected chi connectivity index (χ2v) is 15.0. The summed E-state index contributed by atoms with van der Waals surface area (Å²) in [5.74, 6) is -1.78. The number of hydrogen-bond acceptors (Lipinski definition) is 11. The van der Waals surface area contributed by atoms with Crippen LogP contribution in [0.15, 0.2) is 103 Å². The zero-order chi connectivity index (χ0) is 38.5. The van der Waals surface area contributed by atoms with Gasteiger partial charge in [-0.15, -0.1) is 0 Å². The molecule has 286 valence electrons. The number of benzene rings is 4. The summed E-state index contributed by atoms with van der Waals surface area (Å²) in [5.41, 5.74) is 3.31. The molecule has 1 aliphatic heterocycles. The van der Waals surface area contributed by atoms with Crippen LogP contribution in [0.3, 0.4) is 0 Å². The summed E-state index contributed by atoms with van der Waals surface area (Å²) in [6.45, 7) is 2.55. The summed E-state index contributed by atoms with van der Waals surface area (Å²) in [7, 11) is -3.59. The zero-order valence-electron chi connectivity index (χ0n) is 30.0. The summed E-state index contributed by atoms with van der Waals surface area (Å²) in [5, 5.41) is 26.6. The van der Waals surface area contributed by atoms with E-state index in [1.54, 1.807) is 18.2 Å². The Morgan fingerprint density at radius 1 is 0.852 bits per heavy atom. The number of anilines is 2. The van der Waals surface area contributed by atoms with Crippen molar-refractivity contribution < 1.29 is 42.5 Å². The first-order valence-corrected chi connectivity index (χ1v) is 19.6. The quantitative estimate of drug-likeness (QED) is 0.0766. The maximum atomic E-state index is 13.3. The van der Waals surface area contributed by atoms with E-state index in [1.807, 2.05) is 72.8 Å². The highest BCUT2D eigenvalue weighted by molar-refractivity contribution is 7.92. The van der Waals surface area contributed by atoms with Crippen molar-refractivity contribution in [3.05, 3.63) is 125 Å². The van der Waals surface area contributed by atoms with Crippen LogP contribution < -0.4 is 20.3 Å². The zero-order valence-corrected chi connectivity index (χ0v) is 30.8. The maximum absolute atomic E-state index is 13.3. The van der Waals surface area contributed by atoms with E-state index in [1.165, 1.54) is 12.1 Å². The minimum atomic E-state index is -3.59. The predicted molar refractivity (Wildman–Crippen MR) is 204 cm³/mol. The molecule has 54 heavy (non-hydrogen) atoms. The number of hydrogen-bond donors (Lipinski definition) is 5. The lowest BCUT2D eigenvalue weighted by Gasteiger charge is -2.34. The number of phenols is 1. The summed E-state index contributed by atoms with van der Waals surface area (Å²) >= 11 is 0. The van der Waals surface area contributed by atoms with Crippen molar-refractivity contribution in [1.29, 1.82) is 0 Å². The molecular formula is C40H46N4O9S. The Kier molecular flexibility index (Phi) is 14.0. The summed E-state index contributed by atoms with van der Waals surface area (Å²) in [4.78, 5) is 41.4. The monoisotopic (exact) mass is 758 g/mol. The molecule has 0 aromatic heterocycles. The molecule has 2 atom stereocenters. The largest absolute Gasteiger partial charge is 0.506 e. The molecule has 1 heterocycles. The van der Waals surface area contributed by atoms with Gasteiger partial charge in [0.2, 0.25) is 10.0 Å². The van der Waals surface area contributed by atoms with E-state index in [4.69, 9.17) is 9.47 Å². The van der Waals surface area contributed by atoms with Crippen LogP contribution in [0.4, 0.5) is 11.4 Å². The molecule has 0 saturated carbocycles. The number of carbonyl (C=O) groups is 3. The Morgan fingerprint density at radius 2 is 1.46 bits per heavy atom. The number of piperidine rings is 1. The van der Waals surface area contributed by atoms with E-state index in [9.17, 15) is 33.0 Å². The van der Waals surface area contributed by atoms with E-state index in [-0.39, 0.29) is 31.2 Å². The van der Waals surface area contributed by atoms with Crippen molar-refractivity contribution in [2.24, 2.45) is 5.92 Å². The van der Waals surface area contributed by atoms with E-state index >= 15 is 0 Å². The molecule has 4 aromatic rings. The van der Waals surface area contributed by atoms with Gasteiger partial charge in [0, 0.05) is 30.9 Å². The third-order valence-electron chi connectivity index (χ3n) is 9.01. The van der Waals surface area contributed by atoms with Crippen molar-refractivity contribution >= 4 is 39.2 Å². The first-order chi connectivity index (χ1) is 25.9. The molecule has 0 unspecified atom stereocenters. The number of phenolic OH excluding ortho intramolecular Hbond substituents is 1. The lowest BCUT2D eigenvalue weighted by atomic mass is 9.96. The number of sulfonamides is 1. The minimum absolute atomic E-state index is 0.00950. The van der Waals surface area contributed by atoms with Crippen LogP contribution in [0, 0.1) is 5.92 Å². The summed E-state index contributed by atoms with van der Waals surface area (Å²) in [6, 6.07) is 28.4. The molecule has 4 aromatic carbocycles. The number of rotatable bonds is 17. The van der Waals surface area contributed by atoms with Gasteiger partial charge in [-0.25, -0.2) is 13.2 Å². The third kappa shape index (κ3) is 12.3. The van der Waals surface area contributed by atoms with Gasteiger partial charge in [-0.05, 0) is 78.4 Å². The number of ether oxygens (including phenoxy) is 2. The molecule has 13 nitrogen and oxygen atoms in total. The van der Waals surface area contributed by atoms with Crippen LogP contribution >= 0.6 is 0 Å². The predicted octanol–water partition coefficient (Wildman–Crippen LogP) is 4.28. The SMILES string of the molecule is CS(=O)(=O)Nc1cc([C@@H](O)CNCC2CCN(c3ccc(C(=O)N[C@@H](CC(=O)OCc4ccccc4)C(=O)OCc4ccccc4)cc3)CC2)ccc1O. The van der Waals surface area contributed by atoms with Gasteiger partial charge < -0.3 is 35.2 Å². The van der Waals surface area contributed by atoms with E-state index in [2.05, 4.69) is 20.3 Å². The molecule has 1 aliphatic rings. The molecule has 1 fully saturated rings. The van der Waals surface area contributed by atoms with Crippen LogP contribution in [-0.4, -0.2) is 75.0 Å². The number of aromatic hydroxyl groups is 1. The summed E-state index contributed by atoms with van der Waals surface area (Å²) < 4.78 is 36.2. The molecule has 0 spiro atoms. The van der Waals surface area contributed by atoms with Crippen LogP contribution in [0.25, 0.3) is 0 Å². The van der Waals surface area contributed by atoms with Crippen molar-refractivity contribution in [2.45, 2.75) is 44.6 Å². The molecular weight excluding hydrogens is 713 g/mol. The van der Waals surface area contributed by atoms with Gasteiger partial charge >= 0.3 is 11.9 Å². The third-order valence-corrected chi connectivity index (χ3v) is 9.60. The topological polar surface area (TPSA) is 184 Å². The van der Waals surface area contributed by atoms with Crippen molar-refractivity contribution in [1.82, 2.24) is 10.6 Å². The van der Waals surface area contributed by atoms with Crippen LogP contribution in [-0.2, 0) is 42.3 Å². The van der Waals surface area contributed by atoms with Crippen LogP contribution in [0.1, 0.15) is 52.4 Å². The Morgan fingerprint density at radius 3 is 2.07 bits per heavy atom. The van der Waals surface area contributed by atoms with Gasteiger partial charge in [0.1, 0.15) is 25.0 Å². The van der Waals surface area contributed by atoms with Gasteiger partial charge in [0.25, 0.3) is 5.91 Å². The molecule has 14 heteroatoms. The summed E-state index contributed by atoms with van der Waals surface area (Å²) in [6.07, 6.45) is 1.50. The van der Waals surface area contributed by atoms with Crippen LogP contribution in [0.2, 0.25) is 0 Å². The number of aliphatic hydroxyl groups is 1. The first kappa shape index (κ1) is 39.8. The number of nitrogens with zero attached hydrogens (tertiary/aromatic N) is 1. The molecule has 1 amide bonds. The van der Waals surface area contributed by atoms with E-state index < -0.39 is 46.4 Å². The van der Waals surface area contributed by atoms with Gasteiger partial charge in [0.15, 0.2) is 0 Å². The number of amides is 1. The Labute approximate surface area is 315 Å². The van der Waals surface area contributed by atoms with Gasteiger partial charge in [-0.2, -0.15) is 0 Å². The molecule has 5 N–H and O–H groups in total. The lowest BCUT2D eigenvalue weighted by molar-refractivity contribution is -0.153. The molecule has 0 radical (unpaired) electrons. The smallest absolute Gasteiger partial charge is 0.329 e. The normalized spacial score (nSPS) is 14.4. The molecule has 0 aliphatic carbocycles. The molecule has 0 bridgehead atoms. The second-order valence-electron chi connectivity index (χ2n) is 13.3. The van der Waals surface area contributed by atoms with Gasteiger partial charge in [-0.1, -0.05) is 66.7 Å². The standard InChI is InChI=1S/C40H46N4O9S/c1-54(50,51)43-34-22-32(14-17-36(34)45)37(46)25-41-24-28-18-20-44(21-19-28)33-15-12-31(13-16-33)39(48)42-35(40(49)53-27-30-10-6-3-7-11-30)23-38(47)52-26-29-8-4-2-5-9-29/h2-17,22,28,35,37,41,43,45-46H,18-21,23-27H2,1H3,(H,42,48)/t35-,37-/m0/s1. The van der Waals surface area contributed by atoms with Crippen molar-refractivity contribution in [2.75, 3.05) is 42.1 Å². The van der Waals surface area contributed by atoms with Crippen LogP contribution in [0.5, 0.6) is 5.75 Å². The number of nitrogens with one attached hydrogen (secondary N) is 3. The Balaban J connectivity index is 1.10. The second kappa shape index (κ2) is 19.1. The average Bonchev–Trinajstić information content (AvgIpc) is 3.17. The highest BCUT2D eigenvalue weighted by Crippen LogP contribution is 2.28. The fraction of sp³-hybridized carbons (Fsp3) is 0.325. The van der Waals surface area contributed by atoms with Crippen molar-refractivity contribution in [3.8, 4) is 5.75 Å². The van der Waals surface area contributed by atoms with Gasteiger partial charge in [0.05, 0.1) is 24.5 Å². The van der Waals surface area contributed by atoms with E-state index in [0.29, 0.717) is 23.6 Å². The average molecular weight is 759 g/mol. The van der Waals surface area contributed by atoms with E-state index in [0.717, 1.165) is 49.0 Å². The molecule has 5 rings (SSSR count). The lowest BCUT2D eigenvalue weighted by Crippen LogP contribution is -2.43. The number of aliphatic hydroxyl groups excluding tert-OH is 1. The highest BCUT2D eigenvalue weighted by Gasteiger charge is 2.27. The fourth-order valence-electron chi connectivity index (χ4n) is 6.03. The highest BCUT2D eigenvalue weighted by atomic mass is 32.2. The first-order valence-electron chi connectivity index (χ1n) is 17.7. The Bertz CT molecular complexity index is 1950. The molecule has 1 saturated heterocycles. The number of carbonyl (C=O) groups excluding carboxylic acids is 3. The Hall–Kier alpha value is -5.44. The van der Waals surface area contributed by atoms with Crippen molar-refractivity contribution in [3.63, 3.8) is 0 Å². The fourth-order valence-corrected chi connectivity index (χ4v) is 6.59. The number of esters is 2. The minimum Gasteiger partial charge on any atom is -0.506 e. The maximum Gasteiger partial charge on any atom is 0.329 e.